The van der Waals surface area contributed by atoms with Gasteiger partial charge < -0.3 is 0 Å². The molecule has 12 heavy (non-hydrogen) atoms. The van der Waals surface area contributed by atoms with Gasteiger partial charge in [0.1, 0.15) is 0 Å². The molecule has 1 aliphatic rings. The Labute approximate surface area is 70.6 Å². The van der Waals surface area contributed by atoms with Gasteiger partial charge in [-0.3, -0.25) is 9.59 Å². The summed E-state index contributed by atoms with van der Waals surface area (Å²) in [5.41, 5.74) is 0. The first-order chi connectivity index (χ1) is 5.79. The third-order valence-electron chi connectivity index (χ3n) is 1.26. The van der Waals surface area contributed by atoms with E-state index in [1.54, 1.807) is 24.3 Å². The molecule has 1 aliphatic carbocycles. The minimum Gasteiger partial charge on any atom is -0.290 e. The lowest BCUT2D eigenvalue weighted by molar-refractivity contribution is -0.111. The van der Waals surface area contributed by atoms with Crippen molar-refractivity contribution in [2.24, 2.45) is 0 Å². The van der Waals surface area contributed by atoms with Crippen LogP contribution in [-0.4, -0.2) is 11.6 Å². The number of hydrogen-bond acceptors (Lipinski definition) is 2. The summed E-state index contributed by atoms with van der Waals surface area (Å²) in [6, 6.07) is 0. The Morgan fingerprint density at radius 3 is 1.08 bits per heavy atom. The monoisotopic (exact) mass is 160 g/mol. The van der Waals surface area contributed by atoms with Crippen molar-refractivity contribution >= 4 is 11.6 Å². The maximum Gasteiger partial charge on any atom is 0.178 e. The van der Waals surface area contributed by atoms with Gasteiger partial charge in [0, 0.05) is 0 Å². The molecular formula is C10H8O2. The predicted molar refractivity (Wildman–Crippen MR) is 46.6 cm³/mol. The molecule has 0 saturated heterocycles. The van der Waals surface area contributed by atoms with Crippen molar-refractivity contribution in [3.05, 3.63) is 48.6 Å². The Hall–Kier alpha value is -1.70. The van der Waals surface area contributed by atoms with Gasteiger partial charge >= 0.3 is 0 Å². The van der Waals surface area contributed by atoms with Crippen molar-refractivity contribution in [3.63, 3.8) is 0 Å². The Balaban J connectivity index is 2.84. The third kappa shape index (κ3) is 2.92. The second kappa shape index (κ2) is 4.23. The van der Waals surface area contributed by atoms with Crippen LogP contribution in [0.4, 0.5) is 0 Å². The van der Waals surface area contributed by atoms with Gasteiger partial charge in [-0.25, -0.2) is 0 Å². The summed E-state index contributed by atoms with van der Waals surface area (Å²) in [6.07, 6.45) is 11.8. The number of carbonyl (C=O) groups is 2. The van der Waals surface area contributed by atoms with Gasteiger partial charge in [-0.2, -0.15) is 0 Å². The molecule has 0 spiro atoms. The lowest BCUT2D eigenvalue weighted by atomic mass is 10.2. The van der Waals surface area contributed by atoms with E-state index in [2.05, 4.69) is 0 Å². The lowest BCUT2D eigenvalue weighted by Gasteiger charge is -1.84. The first-order valence-electron chi connectivity index (χ1n) is 3.56. The van der Waals surface area contributed by atoms with Crippen LogP contribution in [0.3, 0.4) is 0 Å². The van der Waals surface area contributed by atoms with E-state index in [9.17, 15) is 9.59 Å². The highest BCUT2D eigenvalue weighted by molar-refractivity contribution is 6.02. The summed E-state index contributed by atoms with van der Waals surface area (Å²) in [7, 11) is 0. The summed E-state index contributed by atoms with van der Waals surface area (Å²) < 4.78 is 0. The maximum absolute atomic E-state index is 10.9. The fourth-order valence-corrected chi connectivity index (χ4v) is 0.713. The van der Waals surface area contributed by atoms with Crippen LogP contribution < -0.4 is 0 Å². The molecule has 2 nitrogen and oxygen atoms in total. The summed E-state index contributed by atoms with van der Waals surface area (Å²) in [5.74, 6) is -0.169. The Morgan fingerprint density at radius 2 is 0.833 bits per heavy atom. The van der Waals surface area contributed by atoms with Gasteiger partial charge in [-0.05, 0) is 24.3 Å². The molecule has 0 fully saturated rings. The fraction of sp³-hybridized carbons (Fsp3) is 0. The number of rotatable bonds is 0. The van der Waals surface area contributed by atoms with Gasteiger partial charge in [-0.15, -0.1) is 0 Å². The van der Waals surface area contributed by atoms with Crippen LogP contribution in [0.15, 0.2) is 48.6 Å². The van der Waals surface area contributed by atoms with Crippen molar-refractivity contribution in [2.75, 3.05) is 0 Å². The van der Waals surface area contributed by atoms with E-state index >= 15 is 0 Å². The van der Waals surface area contributed by atoms with E-state index < -0.39 is 0 Å². The summed E-state index contributed by atoms with van der Waals surface area (Å²) in [5, 5.41) is 0. The van der Waals surface area contributed by atoms with E-state index in [1.165, 1.54) is 24.3 Å². The summed E-state index contributed by atoms with van der Waals surface area (Å²) in [4.78, 5) is 21.7. The highest BCUT2D eigenvalue weighted by atomic mass is 16.1. The molecule has 0 heterocycles. The minimum atomic E-state index is -0.0846. The zero-order chi connectivity index (χ0) is 8.81. The molecule has 0 aromatic heterocycles. The topological polar surface area (TPSA) is 34.1 Å². The molecule has 2 heteroatoms. The number of allylic oxidation sites excluding steroid dienone is 8. The number of hydrogen-bond donors (Lipinski definition) is 0. The van der Waals surface area contributed by atoms with Crippen molar-refractivity contribution < 1.29 is 9.59 Å². The second-order valence-electron chi connectivity index (χ2n) is 2.24. The number of ketones is 2. The van der Waals surface area contributed by atoms with Crippen molar-refractivity contribution in [3.8, 4) is 0 Å². The van der Waals surface area contributed by atoms with Crippen LogP contribution in [0.5, 0.6) is 0 Å². The summed E-state index contributed by atoms with van der Waals surface area (Å²) in [6.45, 7) is 0. The van der Waals surface area contributed by atoms with Gasteiger partial charge in [0.25, 0.3) is 0 Å². The van der Waals surface area contributed by atoms with Crippen LogP contribution in [0, 0.1) is 0 Å². The second-order valence-corrected chi connectivity index (χ2v) is 2.24. The average molecular weight is 160 g/mol. The molecule has 0 saturated carbocycles. The molecule has 0 unspecified atom stereocenters. The number of carbonyl (C=O) groups excluding carboxylic acids is 2. The molecule has 0 aromatic rings. The molecule has 1 rings (SSSR count). The SMILES string of the molecule is O=C1C=CC=CC(=O)C=CC=C1. The van der Waals surface area contributed by atoms with Crippen molar-refractivity contribution in [1.29, 1.82) is 0 Å². The molecule has 0 aromatic carbocycles. The quantitative estimate of drug-likeness (QED) is 0.536. The first-order valence-corrected chi connectivity index (χ1v) is 3.56. The van der Waals surface area contributed by atoms with Crippen molar-refractivity contribution in [2.45, 2.75) is 0 Å². The highest BCUT2D eigenvalue weighted by Crippen LogP contribution is 1.89. The lowest BCUT2D eigenvalue weighted by Crippen LogP contribution is -1.87. The van der Waals surface area contributed by atoms with Gasteiger partial charge in [0.05, 0.1) is 0 Å². The van der Waals surface area contributed by atoms with E-state index in [1.807, 2.05) is 0 Å². The minimum absolute atomic E-state index is 0.0846. The van der Waals surface area contributed by atoms with Gasteiger partial charge in [0.2, 0.25) is 0 Å². The van der Waals surface area contributed by atoms with E-state index in [0.717, 1.165) is 0 Å². The molecular weight excluding hydrogens is 152 g/mol. The fourth-order valence-electron chi connectivity index (χ4n) is 0.713. The van der Waals surface area contributed by atoms with Crippen LogP contribution in [0.1, 0.15) is 0 Å². The maximum atomic E-state index is 10.9. The van der Waals surface area contributed by atoms with E-state index in [4.69, 9.17) is 0 Å². The zero-order valence-electron chi connectivity index (χ0n) is 6.44. The molecule has 0 amide bonds. The van der Waals surface area contributed by atoms with Crippen LogP contribution in [-0.2, 0) is 9.59 Å². The van der Waals surface area contributed by atoms with Gasteiger partial charge in [-0.1, -0.05) is 24.3 Å². The van der Waals surface area contributed by atoms with E-state index in [-0.39, 0.29) is 11.6 Å². The average Bonchev–Trinajstić information content (AvgIpc) is 2.06. The molecule has 0 aliphatic heterocycles. The molecule has 60 valence electrons. The zero-order valence-corrected chi connectivity index (χ0v) is 6.44. The molecule has 0 N–H and O–H groups in total. The molecule has 0 atom stereocenters. The molecule has 0 radical (unpaired) electrons. The Bertz CT molecular complexity index is 244. The van der Waals surface area contributed by atoms with Crippen LogP contribution in [0.25, 0.3) is 0 Å². The normalized spacial score (nSPS) is 17.0. The summed E-state index contributed by atoms with van der Waals surface area (Å²) >= 11 is 0. The highest BCUT2D eigenvalue weighted by Gasteiger charge is 1.89. The van der Waals surface area contributed by atoms with Gasteiger partial charge in [0.15, 0.2) is 11.6 Å². The first kappa shape index (κ1) is 8.40. The van der Waals surface area contributed by atoms with Crippen LogP contribution in [0.2, 0.25) is 0 Å². The van der Waals surface area contributed by atoms with E-state index in [0.29, 0.717) is 0 Å². The Kier molecular flexibility index (Phi) is 2.96. The molecule has 0 bridgehead atoms. The van der Waals surface area contributed by atoms with Crippen molar-refractivity contribution in [1.82, 2.24) is 0 Å². The Morgan fingerprint density at radius 1 is 0.583 bits per heavy atom. The smallest absolute Gasteiger partial charge is 0.178 e. The third-order valence-corrected chi connectivity index (χ3v) is 1.26. The van der Waals surface area contributed by atoms with Crippen LogP contribution >= 0.6 is 0 Å². The standard InChI is InChI=1S/C10H8O2/c11-9-5-1-2-6-10(12)8-4-3-7-9/h1-8H. The largest absolute Gasteiger partial charge is 0.290 e. The predicted octanol–water partition coefficient (Wildman–Crippen LogP) is 1.36.